The monoisotopic (exact) mass is 383 g/mol. The van der Waals surface area contributed by atoms with Crippen LogP contribution in [0.15, 0.2) is 77.4 Å². The van der Waals surface area contributed by atoms with Crippen LogP contribution in [0.25, 0.3) is 0 Å². The van der Waals surface area contributed by atoms with Gasteiger partial charge in [-0.3, -0.25) is 0 Å². The van der Waals surface area contributed by atoms with Crippen molar-refractivity contribution in [3.05, 3.63) is 89.2 Å². The molecular weight excluding hydrogens is 362 g/mol. The maximum atomic E-state index is 12.8. The summed E-state index contributed by atoms with van der Waals surface area (Å²) in [6.45, 7) is 7.92. The molecule has 0 spiro atoms. The zero-order chi connectivity index (χ0) is 19.6. The van der Waals surface area contributed by atoms with Gasteiger partial charge in [-0.25, -0.2) is 13.2 Å². The second kappa shape index (κ2) is 7.50. The maximum Gasteiger partial charge on any atom is 0.343 e. The van der Waals surface area contributed by atoms with Gasteiger partial charge in [-0.05, 0) is 38.1 Å². The molecule has 5 nitrogen and oxygen atoms in total. The molecule has 140 valence electrons. The van der Waals surface area contributed by atoms with Crippen LogP contribution in [0.1, 0.15) is 21.5 Å². The van der Waals surface area contributed by atoms with E-state index < -0.39 is 16.0 Å². The van der Waals surface area contributed by atoms with Crippen molar-refractivity contribution >= 4 is 16.0 Å². The van der Waals surface area contributed by atoms with Crippen LogP contribution in [-0.2, 0) is 14.8 Å². The summed E-state index contributed by atoms with van der Waals surface area (Å²) in [5.74, 6) is -0.340. The predicted molar refractivity (Wildman–Crippen MR) is 104 cm³/mol. The topological polar surface area (TPSA) is 63.7 Å². The van der Waals surface area contributed by atoms with E-state index in [1.807, 2.05) is 19.9 Å². The summed E-state index contributed by atoms with van der Waals surface area (Å²) in [7, 11) is -3.61. The summed E-state index contributed by atoms with van der Waals surface area (Å²) in [6, 6.07) is 13.8. The zero-order valence-electron chi connectivity index (χ0n) is 15.3. The molecule has 0 N–H and O–H groups in total. The second-order valence-electron chi connectivity index (χ2n) is 6.52. The van der Waals surface area contributed by atoms with Gasteiger partial charge in [-0.2, -0.15) is 4.31 Å². The fourth-order valence-corrected chi connectivity index (χ4v) is 4.14. The van der Waals surface area contributed by atoms with E-state index in [2.05, 4.69) is 6.58 Å². The molecule has 1 aliphatic rings. The number of sulfonamides is 1. The second-order valence-corrected chi connectivity index (χ2v) is 8.46. The standard InChI is InChI=1S/C21H21NO4S/c1-15-7-9-20(10-8-15)27(24,25)22-12-11-19(14-22)17(3)26-21(23)18-6-4-5-16(2)13-18/h4-11,13H,3,12,14H2,1-2H3. The van der Waals surface area contributed by atoms with Crippen LogP contribution in [0.5, 0.6) is 0 Å². The van der Waals surface area contributed by atoms with Gasteiger partial charge in [-0.1, -0.05) is 48.0 Å². The van der Waals surface area contributed by atoms with Crippen molar-refractivity contribution in [1.82, 2.24) is 4.31 Å². The average molecular weight is 383 g/mol. The van der Waals surface area contributed by atoms with Crippen LogP contribution in [0.2, 0.25) is 0 Å². The Kier molecular flexibility index (Phi) is 5.30. The highest BCUT2D eigenvalue weighted by molar-refractivity contribution is 7.89. The van der Waals surface area contributed by atoms with Gasteiger partial charge in [0, 0.05) is 18.7 Å². The van der Waals surface area contributed by atoms with Gasteiger partial charge >= 0.3 is 5.97 Å². The number of hydrogen-bond acceptors (Lipinski definition) is 4. The summed E-state index contributed by atoms with van der Waals surface area (Å²) < 4.78 is 32.2. The van der Waals surface area contributed by atoms with E-state index >= 15 is 0 Å². The first kappa shape index (κ1) is 19.1. The third-order valence-electron chi connectivity index (χ3n) is 4.37. The van der Waals surface area contributed by atoms with Crippen molar-refractivity contribution in [2.24, 2.45) is 0 Å². The molecule has 0 aliphatic carbocycles. The Morgan fingerprint density at radius 2 is 1.78 bits per heavy atom. The number of nitrogens with zero attached hydrogens (tertiary/aromatic N) is 1. The Labute approximate surface area is 159 Å². The molecule has 0 unspecified atom stereocenters. The van der Waals surface area contributed by atoms with Gasteiger partial charge in [0.25, 0.3) is 0 Å². The van der Waals surface area contributed by atoms with Crippen molar-refractivity contribution < 1.29 is 17.9 Å². The van der Waals surface area contributed by atoms with Crippen LogP contribution >= 0.6 is 0 Å². The van der Waals surface area contributed by atoms with Crippen LogP contribution in [-0.4, -0.2) is 31.8 Å². The van der Waals surface area contributed by atoms with Crippen molar-refractivity contribution in [2.75, 3.05) is 13.1 Å². The molecule has 0 saturated heterocycles. The van der Waals surface area contributed by atoms with E-state index in [1.165, 1.54) is 4.31 Å². The zero-order valence-corrected chi connectivity index (χ0v) is 16.1. The Balaban J connectivity index is 1.67. The molecule has 2 aromatic rings. The molecule has 1 aliphatic heterocycles. The minimum Gasteiger partial charge on any atom is -0.423 e. The number of carbonyl (C=O) groups excluding carboxylic acids is 1. The number of rotatable bonds is 5. The molecular formula is C21H21NO4S. The van der Waals surface area contributed by atoms with E-state index in [0.717, 1.165) is 11.1 Å². The Morgan fingerprint density at radius 3 is 2.44 bits per heavy atom. The number of carbonyl (C=O) groups is 1. The molecule has 27 heavy (non-hydrogen) atoms. The molecule has 6 heteroatoms. The first-order valence-corrected chi connectivity index (χ1v) is 9.95. The van der Waals surface area contributed by atoms with E-state index in [0.29, 0.717) is 11.1 Å². The molecule has 0 radical (unpaired) electrons. The lowest BCUT2D eigenvalue weighted by molar-refractivity contribution is 0.0633. The van der Waals surface area contributed by atoms with Crippen molar-refractivity contribution in [3.63, 3.8) is 0 Å². The number of ether oxygens (including phenoxy) is 1. The van der Waals surface area contributed by atoms with Gasteiger partial charge < -0.3 is 4.74 Å². The van der Waals surface area contributed by atoms with Crippen LogP contribution < -0.4 is 0 Å². The highest BCUT2D eigenvalue weighted by Gasteiger charge is 2.29. The quantitative estimate of drug-likeness (QED) is 0.585. The van der Waals surface area contributed by atoms with E-state index in [4.69, 9.17) is 4.74 Å². The third kappa shape index (κ3) is 4.18. The number of esters is 1. The van der Waals surface area contributed by atoms with Crippen LogP contribution in [0.3, 0.4) is 0 Å². The minimum absolute atomic E-state index is 0.121. The van der Waals surface area contributed by atoms with E-state index in [1.54, 1.807) is 48.5 Å². The fourth-order valence-electron chi connectivity index (χ4n) is 2.78. The normalized spacial score (nSPS) is 14.7. The lowest BCUT2D eigenvalue weighted by Crippen LogP contribution is -2.29. The van der Waals surface area contributed by atoms with Gasteiger partial charge in [0.1, 0.15) is 5.76 Å². The summed E-state index contributed by atoms with van der Waals surface area (Å²) in [5, 5.41) is 0. The molecule has 2 aromatic carbocycles. The predicted octanol–water partition coefficient (Wildman–Crippen LogP) is 3.60. The summed E-state index contributed by atoms with van der Waals surface area (Å²) in [5.41, 5.74) is 2.96. The molecule has 0 bridgehead atoms. The third-order valence-corrected chi connectivity index (χ3v) is 6.20. The Bertz CT molecular complexity index is 1020. The minimum atomic E-state index is -3.61. The lowest BCUT2D eigenvalue weighted by atomic mass is 10.1. The molecule has 3 rings (SSSR count). The van der Waals surface area contributed by atoms with Crippen molar-refractivity contribution in [3.8, 4) is 0 Å². The van der Waals surface area contributed by atoms with Crippen LogP contribution in [0, 0.1) is 13.8 Å². The molecule has 0 fully saturated rings. The summed E-state index contributed by atoms with van der Waals surface area (Å²) >= 11 is 0. The van der Waals surface area contributed by atoms with Crippen molar-refractivity contribution in [1.29, 1.82) is 0 Å². The highest BCUT2D eigenvalue weighted by atomic mass is 32.2. The molecule has 0 aromatic heterocycles. The number of benzene rings is 2. The Morgan fingerprint density at radius 1 is 1.07 bits per heavy atom. The van der Waals surface area contributed by atoms with Gasteiger partial charge in [0.15, 0.2) is 0 Å². The SMILES string of the molecule is C=C(OC(=O)c1cccc(C)c1)C1=CCN(S(=O)(=O)c2ccc(C)cc2)C1. The maximum absolute atomic E-state index is 12.8. The average Bonchev–Trinajstić information content (AvgIpc) is 3.13. The number of hydrogen-bond donors (Lipinski definition) is 0. The molecule has 0 atom stereocenters. The first-order valence-electron chi connectivity index (χ1n) is 8.51. The molecule has 0 amide bonds. The van der Waals surface area contributed by atoms with Gasteiger partial charge in [0.05, 0.1) is 10.5 Å². The van der Waals surface area contributed by atoms with Crippen molar-refractivity contribution in [2.45, 2.75) is 18.7 Å². The number of aryl methyl sites for hydroxylation is 2. The summed E-state index contributed by atoms with van der Waals surface area (Å²) in [6.07, 6.45) is 1.72. The van der Waals surface area contributed by atoms with Crippen LogP contribution in [0.4, 0.5) is 0 Å². The molecule has 1 heterocycles. The molecule has 0 saturated carbocycles. The lowest BCUT2D eigenvalue weighted by Gasteiger charge is -2.17. The van der Waals surface area contributed by atoms with E-state index in [-0.39, 0.29) is 23.7 Å². The summed E-state index contributed by atoms with van der Waals surface area (Å²) in [4.78, 5) is 12.5. The van der Waals surface area contributed by atoms with E-state index in [9.17, 15) is 13.2 Å². The first-order chi connectivity index (χ1) is 12.8. The largest absolute Gasteiger partial charge is 0.423 e. The highest BCUT2D eigenvalue weighted by Crippen LogP contribution is 2.25. The van der Waals surface area contributed by atoms with Gasteiger partial charge in [0.2, 0.25) is 10.0 Å². The van der Waals surface area contributed by atoms with Gasteiger partial charge in [-0.15, -0.1) is 0 Å². The Hall–Kier alpha value is -2.70. The fraction of sp³-hybridized carbons (Fsp3) is 0.190. The smallest absolute Gasteiger partial charge is 0.343 e.